The Balaban J connectivity index is 2.03. The van der Waals surface area contributed by atoms with Crippen molar-refractivity contribution in [3.63, 3.8) is 0 Å². The minimum absolute atomic E-state index is 0.741. The summed E-state index contributed by atoms with van der Waals surface area (Å²) in [6, 6.07) is 0.741. The smallest absolute Gasteiger partial charge is 0.00649 e. The third-order valence-corrected chi connectivity index (χ3v) is 4.31. The van der Waals surface area contributed by atoms with Crippen LogP contribution in [0.15, 0.2) is 0 Å². The Hall–Kier alpha value is -0.0800. The molecule has 1 atom stereocenters. The van der Waals surface area contributed by atoms with Crippen LogP contribution >= 0.6 is 0 Å². The van der Waals surface area contributed by atoms with Crippen LogP contribution in [-0.4, -0.2) is 37.6 Å². The monoisotopic (exact) mass is 254 g/mol. The van der Waals surface area contributed by atoms with E-state index in [0.29, 0.717) is 0 Å². The van der Waals surface area contributed by atoms with E-state index >= 15 is 0 Å². The van der Waals surface area contributed by atoms with Gasteiger partial charge in [-0.2, -0.15) is 0 Å². The van der Waals surface area contributed by atoms with E-state index in [0.717, 1.165) is 12.0 Å². The highest BCUT2D eigenvalue weighted by atomic mass is 15.1. The molecule has 0 bridgehead atoms. The molecule has 1 unspecified atom stereocenters. The van der Waals surface area contributed by atoms with Crippen LogP contribution in [0.5, 0.6) is 0 Å². The fraction of sp³-hybridized carbons (Fsp3) is 1.00. The maximum atomic E-state index is 3.65. The molecule has 1 saturated carbocycles. The Bertz CT molecular complexity index is 188. The Labute approximate surface area is 115 Å². The van der Waals surface area contributed by atoms with Crippen LogP contribution < -0.4 is 5.32 Å². The summed E-state index contributed by atoms with van der Waals surface area (Å²) in [6.07, 6.45) is 11.1. The lowest BCUT2D eigenvalue weighted by atomic mass is 10.1. The van der Waals surface area contributed by atoms with Crippen molar-refractivity contribution in [1.29, 1.82) is 0 Å². The second kappa shape index (κ2) is 9.80. The van der Waals surface area contributed by atoms with Gasteiger partial charge in [-0.15, -0.1) is 0 Å². The minimum atomic E-state index is 0.741. The van der Waals surface area contributed by atoms with E-state index in [9.17, 15) is 0 Å². The first-order valence-corrected chi connectivity index (χ1v) is 8.18. The summed E-state index contributed by atoms with van der Waals surface area (Å²) < 4.78 is 0. The molecule has 2 nitrogen and oxygen atoms in total. The molecule has 0 spiro atoms. The van der Waals surface area contributed by atoms with Gasteiger partial charge in [-0.05, 0) is 64.6 Å². The predicted octanol–water partition coefficient (Wildman–Crippen LogP) is 3.67. The minimum Gasteiger partial charge on any atom is -0.314 e. The molecule has 2 heteroatoms. The van der Waals surface area contributed by atoms with Gasteiger partial charge in [-0.25, -0.2) is 0 Å². The van der Waals surface area contributed by atoms with Gasteiger partial charge in [0.1, 0.15) is 0 Å². The van der Waals surface area contributed by atoms with Gasteiger partial charge in [-0.1, -0.05) is 26.7 Å². The summed E-state index contributed by atoms with van der Waals surface area (Å²) in [4.78, 5) is 2.56. The van der Waals surface area contributed by atoms with Crippen molar-refractivity contribution < 1.29 is 0 Å². The van der Waals surface area contributed by atoms with Gasteiger partial charge in [0.25, 0.3) is 0 Å². The van der Waals surface area contributed by atoms with Crippen LogP contribution in [0.2, 0.25) is 0 Å². The Kier molecular flexibility index (Phi) is 8.70. The molecule has 0 saturated heterocycles. The van der Waals surface area contributed by atoms with Crippen LogP contribution in [0.4, 0.5) is 0 Å². The van der Waals surface area contributed by atoms with Gasteiger partial charge in [0.2, 0.25) is 0 Å². The zero-order valence-electron chi connectivity index (χ0n) is 12.9. The van der Waals surface area contributed by atoms with E-state index in [4.69, 9.17) is 0 Å². The first-order valence-electron chi connectivity index (χ1n) is 8.18. The van der Waals surface area contributed by atoms with Gasteiger partial charge >= 0.3 is 0 Å². The molecule has 0 aromatic heterocycles. The number of nitrogens with zero attached hydrogens (tertiary/aromatic N) is 1. The zero-order valence-corrected chi connectivity index (χ0v) is 12.9. The van der Waals surface area contributed by atoms with E-state index in [1.807, 2.05) is 0 Å². The highest BCUT2D eigenvalue weighted by molar-refractivity contribution is 4.71. The molecule has 1 aliphatic carbocycles. The van der Waals surface area contributed by atoms with Crippen LogP contribution in [0.1, 0.15) is 65.2 Å². The lowest BCUT2D eigenvalue weighted by Gasteiger charge is -2.22. The lowest BCUT2D eigenvalue weighted by Crippen LogP contribution is -2.31. The zero-order chi connectivity index (χ0) is 13.2. The normalized spacial score (nSPS) is 18.7. The summed E-state index contributed by atoms with van der Waals surface area (Å²) in [6.45, 7) is 8.33. The highest BCUT2D eigenvalue weighted by Crippen LogP contribution is 2.25. The number of hydrogen-bond acceptors (Lipinski definition) is 2. The molecule has 0 amide bonds. The summed E-state index contributed by atoms with van der Waals surface area (Å²) in [5.74, 6) is 0.996. The van der Waals surface area contributed by atoms with Crippen molar-refractivity contribution >= 4 is 0 Å². The van der Waals surface area contributed by atoms with E-state index < -0.39 is 0 Å². The molecule has 0 radical (unpaired) electrons. The SMILES string of the molecule is CCCNC(CC)CCCN(C)CC1CCCC1. The molecule has 1 fully saturated rings. The molecule has 1 rings (SSSR count). The topological polar surface area (TPSA) is 15.3 Å². The van der Waals surface area contributed by atoms with E-state index in [1.54, 1.807) is 0 Å². The second-order valence-corrected chi connectivity index (χ2v) is 6.11. The van der Waals surface area contributed by atoms with Crippen molar-refractivity contribution in [2.24, 2.45) is 5.92 Å². The number of rotatable bonds is 10. The average molecular weight is 254 g/mol. The van der Waals surface area contributed by atoms with Crippen molar-refractivity contribution in [3.8, 4) is 0 Å². The van der Waals surface area contributed by atoms with E-state index in [1.165, 1.54) is 71.0 Å². The van der Waals surface area contributed by atoms with Crippen molar-refractivity contribution in [2.45, 2.75) is 71.3 Å². The van der Waals surface area contributed by atoms with Crippen LogP contribution in [-0.2, 0) is 0 Å². The van der Waals surface area contributed by atoms with E-state index in [-0.39, 0.29) is 0 Å². The lowest BCUT2D eigenvalue weighted by molar-refractivity contribution is 0.267. The molecule has 0 aromatic carbocycles. The first-order chi connectivity index (χ1) is 8.76. The van der Waals surface area contributed by atoms with Gasteiger partial charge in [-0.3, -0.25) is 0 Å². The van der Waals surface area contributed by atoms with Crippen molar-refractivity contribution in [2.75, 3.05) is 26.7 Å². The molecule has 0 aromatic rings. The highest BCUT2D eigenvalue weighted by Gasteiger charge is 2.16. The molecular weight excluding hydrogens is 220 g/mol. The Morgan fingerprint density at radius 1 is 1.22 bits per heavy atom. The summed E-state index contributed by atoms with van der Waals surface area (Å²) in [5.41, 5.74) is 0. The van der Waals surface area contributed by atoms with Crippen molar-refractivity contribution in [3.05, 3.63) is 0 Å². The van der Waals surface area contributed by atoms with Crippen LogP contribution in [0, 0.1) is 5.92 Å². The molecule has 18 heavy (non-hydrogen) atoms. The van der Waals surface area contributed by atoms with Crippen LogP contribution in [0.25, 0.3) is 0 Å². The van der Waals surface area contributed by atoms with Gasteiger partial charge in [0.15, 0.2) is 0 Å². The maximum Gasteiger partial charge on any atom is 0.00649 e. The quantitative estimate of drug-likeness (QED) is 0.640. The van der Waals surface area contributed by atoms with Crippen LogP contribution in [0.3, 0.4) is 0 Å². The fourth-order valence-electron chi connectivity index (χ4n) is 3.13. The third kappa shape index (κ3) is 6.75. The summed E-state index contributed by atoms with van der Waals surface area (Å²) in [5, 5.41) is 3.65. The molecule has 108 valence electrons. The molecule has 1 aliphatic rings. The summed E-state index contributed by atoms with van der Waals surface area (Å²) >= 11 is 0. The van der Waals surface area contributed by atoms with Gasteiger partial charge in [0, 0.05) is 12.6 Å². The maximum absolute atomic E-state index is 3.65. The van der Waals surface area contributed by atoms with E-state index in [2.05, 4.69) is 31.1 Å². The number of hydrogen-bond donors (Lipinski definition) is 1. The first kappa shape index (κ1) is 16.0. The van der Waals surface area contributed by atoms with Crippen molar-refractivity contribution in [1.82, 2.24) is 10.2 Å². The molecule has 0 heterocycles. The standard InChI is InChI=1S/C16H34N2/c1-4-12-17-16(5-2)11-8-13-18(3)14-15-9-6-7-10-15/h15-17H,4-14H2,1-3H3. The summed E-state index contributed by atoms with van der Waals surface area (Å²) in [7, 11) is 2.30. The third-order valence-electron chi connectivity index (χ3n) is 4.31. The average Bonchev–Trinajstić information content (AvgIpc) is 2.86. The second-order valence-electron chi connectivity index (χ2n) is 6.11. The molecular formula is C16H34N2. The number of nitrogens with one attached hydrogen (secondary N) is 1. The van der Waals surface area contributed by atoms with Gasteiger partial charge in [0.05, 0.1) is 0 Å². The van der Waals surface area contributed by atoms with Gasteiger partial charge < -0.3 is 10.2 Å². The Morgan fingerprint density at radius 2 is 1.94 bits per heavy atom. The largest absolute Gasteiger partial charge is 0.314 e. The molecule has 0 aliphatic heterocycles. The Morgan fingerprint density at radius 3 is 2.56 bits per heavy atom. The molecule has 1 N–H and O–H groups in total. The fourth-order valence-corrected chi connectivity index (χ4v) is 3.13. The predicted molar refractivity (Wildman–Crippen MR) is 81.1 cm³/mol.